The van der Waals surface area contributed by atoms with Crippen molar-refractivity contribution in [1.29, 1.82) is 0 Å². The van der Waals surface area contributed by atoms with Crippen molar-refractivity contribution in [3.8, 4) is 23.0 Å². The van der Waals surface area contributed by atoms with Gasteiger partial charge >= 0.3 is 0 Å². The highest BCUT2D eigenvalue weighted by molar-refractivity contribution is 5.95. The van der Waals surface area contributed by atoms with Gasteiger partial charge in [0.05, 0.1) is 27.4 Å². The van der Waals surface area contributed by atoms with Crippen molar-refractivity contribution in [3.63, 3.8) is 0 Å². The van der Waals surface area contributed by atoms with Crippen molar-refractivity contribution in [1.82, 2.24) is 15.1 Å². The molecule has 2 aromatic rings. The molecule has 0 aromatic heterocycles. The lowest BCUT2D eigenvalue weighted by molar-refractivity contribution is 0.0716. The molecule has 0 radical (unpaired) electrons. The summed E-state index contributed by atoms with van der Waals surface area (Å²) in [5.74, 6) is 3.10. The summed E-state index contributed by atoms with van der Waals surface area (Å²) < 4.78 is 32.2. The predicted octanol–water partition coefficient (Wildman–Crippen LogP) is 4.92. The maximum atomic E-state index is 13.1. The molecular formula is C36H55N3O8. The highest BCUT2D eigenvalue weighted by Crippen LogP contribution is 2.33. The SMILES string of the molecule is COCCCOc1cc(C(=O)N(C)C(C)C)ccc1OC.COCCCOc1cc(C(=O)N(CC2CCNC2)C2CC2)ccc1OC. The Morgan fingerprint density at radius 1 is 0.766 bits per heavy atom. The van der Waals surface area contributed by atoms with Gasteiger partial charge in [0.1, 0.15) is 0 Å². The maximum absolute atomic E-state index is 13.1. The fourth-order valence-corrected chi connectivity index (χ4v) is 5.15. The summed E-state index contributed by atoms with van der Waals surface area (Å²) in [6.45, 7) is 9.18. The number of benzene rings is 2. The molecule has 47 heavy (non-hydrogen) atoms. The Kier molecular flexibility index (Phi) is 16.1. The first-order chi connectivity index (χ1) is 22.7. The first-order valence-electron chi connectivity index (χ1n) is 16.6. The molecule has 0 spiro atoms. The Morgan fingerprint density at radius 2 is 1.30 bits per heavy atom. The summed E-state index contributed by atoms with van der Waals surface area (Å²) in [7, 11) is 8.31. The van der Waals surface area contributed by atoms with Crippen LogP contribution in [0.15, 0.2) is 36.4 Å². The molecule has 2 aliphatic rings. The highest BCUT2D eigenvalue weighted by atomic mass is 16.5. The molecule has 0 bridgehead atoms. The zero-order chi connectivity index (χ0) is 34.2. The van der Waals surface area contributed by atoms with Crippen LogP contribution in [0, 0.1) is 5.92 Å². The largest absolute Gasteiger partial charge is 0.493 e. The van der Waals surface area contributed by atoms with Crippen LogP contribution in [0.25, 0.3) is 0 Å². The molecule has 1 aliphatic carbocycles. The first kappa shape index (κ1) is 37.9. The number of nitrogens with one attached hydrogen (secondary N) is 1. The molecule has 1 unspecified atom stereocenters. The van der Waals surface area contributed by atoms with E-state index in [1.165, 1.54) is 0 Å². The molecule has 2 aromatic carbocycles. The van der Waals surface area contributed by atoms with E-state index in [0.717, 1.165) is 51.7 Å². The van der Waals surface area contributed by atoms with Gasteiger partial charge in [0, 0.05) is 77.1 Å². The van der Waals surface area contributed by atoms with E-state index in [1.807, 2.05) is 32.0 Å². The number of carbonyl (C=O) groups is 2. The number of carbonyl (C=O) groups excluding carboxylic acids is 2. The average molecular weight is 658 g/mol. The van der Waals surface area contributed by atoms with Gasteiger partial charge in [0.2, 0.25) is 0 Å². The normalized spacial score (nSPS) is 15.4. The number of nitrogens with zero attached hydrogens (tertiary/aromatic N) is 2. The van der Waals surface area contributed by atoms with E-state index in [9.17, 15) is 9.59 Å². The van der Waals surface area contributed by atoms with Crippen LogP contribution >= 0.6 is 0 Å². The van der Waals surface area contributed by atoms with Crippen LogP contribution in [-0.2, 0) is 9.47 Å². The third-order valence-corrected chi connectivity index (χ3v) is 8.28. The second kappa shape index (κ2) is 20.0. The fourth-order valence-electron chi connectivity index (χ4n) is 5.15. The molecule has 2 fully saturated rings. The number of ether oxygens (including phenoxy) is 6. The molecule has 1 saturated carbocycles. The molecule has 1 heterocycles. The van der Waals surface area contributed by atoms with E-state index in [2.05, 4.69) is 10.2 Å². The van der Waals surface area contributed by atoms with Gasteiger partial charge in [-0.15, -0.1) is 0 Å². The zero-order valence-electron chi connectivity index (χ0n) is 29.3. The highest BCUT2D eigenvalue weighted by Gasteiger charge is 2.35. The summed E-state index contributed by atoms with van der Waals surface area (Å²) in [5, 5.41) is 3.39. The van der Waals surface area contributed by atoms with Crippen molar-refractivity contribution in [3.05, 3.63) is 47.5 Å². The minimum Gasteiger partial charge on any atom is -0.493 e. The van der Waals surface area contributed by atoms with Gasteiger partial charge < -0.3 is 43.5 Å². The number of hydrogen-bond donors (Lipinski definition) is 1. The number of amides is 2. The van der Waals surface area contributed by atoms with Gasteiger partial charge in [-0.05, 0) is 88.5 Å². The number of methoxy groups -OCH3 is 4. The van der Waals surface area contributed by atoms with E-state index in [1.54, 1.807) is 58.6 Å². The van der Waals surface area contributed by atoms with E-state index in [0.29, 0.717) is 72.5 Å². The molecule has 1 N–H and O–H groups in total. The van der Waals surface area contributed by atoms with E-state index in [4.69, 9.17) is 28.4 Å². The molecule has 262 valence electrons. The van der Waals surface area contributed by atoms with E-state index >= 15 is 0 Å². The topological polar surface area (TPSA) is 108 Å². The molecule has 1 atom stereocenters. The van der Waals surface area contributed by atoms with Gasteiger partial charge in [-0.2, -0.15) is 0 Å². The standard InChI is InChI=1S/C20H30N2O4.C16H25NO4/c1-24-10-3-11-26-19-12-16(4-7-18(19)25-2)20(23)22(17-5-6-17)14-15-8-9-21-13-15;1-12(2)17(3)16(18)13-7-8-14(20-5)15(11-13)21-10-6-9-19-4/h4,7,12,15,17,21H,3,5-6,8-11,13-14H2,1-2H3;7-8,11-12H,6,9-10H2,1-5H3. The summed E-state index contributed by atoms with van der Waals surface area (Å²) in [5.41, 5.74) is 1.26. The van der Waals surface area contributed by atoms with Crippen LogP contribution in [0.3, 0.4) is 0 Å². The minimum absolute atomic E-state index is 0.0330. The Balaban J connectivity index is 0.000000262. The Hall–Kier alpha value is -3.54. The summed E-state index contributed by atoms with van der Waals surface area (Å²) in [4.78, 5) is 29.2. The van der Waals surface area contributed by atoms with Crippen LogP contribution in [0.2, 0.25) is 0 Å². The van der Waals surface area contributed by atoms with Crippen molar-refractivity contribution in [2.75, 3.05) is 81.5 Å². The molecule has 11 nitrogen and oxygen atoms in total. The van der Waals surface area contributed by atoms with Crippen LogP contribution in [0.1, 0.15) is 66.7 Å². The zero-order valence-corrected chi connectivity index (χ0v) is 29.3. The number of rotatable bonds is 18. The minimum atomic E-state index is -0.0330. The second-order valence-electron chi connectivity index (χ2n) is 12.2. The fraction of sp³-hybridized carbons (Fsp3) is 0.611. The van der Waals surface area contributed by atoms with Crippen LogP contribution in [0.4, 0.5) is 0 Å². The smallest absolute Gasteiger partial charge is 0.254 e. The molecule has 4 rings (SSSR count). The third kappa shape index (κ3) is 11.9. The van der Waals surface area contributed by atoms with E-state index < -0.39 is 0 Å². The Bertz CT molecular complexity index is 1250. The monoisotopic (exact) mass is 657 g/mol. The molecule has 1 aliphatic heterocycles. The van der Waals surface area contributed by atoms with Crippen LogP contribution in [-0.4, -0.2) is 115 Å². The third-order valence-electron chi connectivity index (χ3n) is 8.28. The first-order valence-corrected chi connectivity index (χ1v) is 16.6. The van der Waals surface area contributed by atoms with Crippen molar-refractivity contribution >= 4 is 11.8 Å². The lowest BCUT2D eigenvalue weighted by Crippen LogP contribution is -2.37. The van der Waals surface area contributed by atoms with Crippen LogP contribution < -0.4 is 24.3 Å². The Morgan fingerprint density at radius 3 is 1.72 bits per heavy atom. The lowest BCUT2D eigenvalue weighted by atomic mass is 10.1. The molecule has 1 saturated heterocycles. The lowest BCUT2D eigenvalue weighted by Gasteiger charge is -2.26. The summed E-state index contributed by atoms with van der Waals surface area (Å²) in [6, 6.07) is 11.3. The van der Waals surface area contributed by atoms with Gasteiger partial charge in [-0.3, -0.25) is 9.59 Å². The van der Waals surface area contributed by atoms with Crippen LogP contribution in [0.5, 0.6) is 23.0 Å². The van der Waals surface area contributed by atoms with Crippen molar-refractivity contribution < 1.29 is 38.0 Å². The summed E-state index contributed by atoms with van der Waals surface area (Å²) >= 11 is 0. The van der Waals surface area contributed by atoms with Crippen molar-refractivity contribution in [2.24, 2.45) is 5.92 Å². The van der Waals surface area contributed by atoms with E-state index in [-0.39, 0.29) is 17.9 Å². The maximum Gasteiger partial charge on any atom is 0.254 e. The predicted molar refractivity (Wildman–Crippen MR) is 182 cm³/mol. The molecule has 11 heteroatoms. The van der Waals surface area contributed by atoms with Gasteiger partial charge in [-0.1, -0.05) is 0 Å². The quantitative estimate of drug-likeness (QED) is 0.224. The Labute approximate surface area is 280 Å². The van der Waals surface area contributed by atoms with Crippen molar-refractivity contribution in [2.45, 2.75) is 58.0 Å². The van der Waals surface area contributed by atoms with Gasteiger partial charge in [-0.25, -0.2) is 0 Å². The summed E-state index contributed by atoms with van der Waals surface area (Å²) in [6.07, 6.45) is 4.95. The van der Waals surface area contributed by atoms with Gasteiger partial charge in [0.25, 0.3) is 11.8 Å². The van der Waals surface area contributed by atoms with Gasteiger partial charge in [0.15, 0.2) is 23.0 Å². The molecular weight excluding hydrogens is 602 g/mol. The number of hydrogen-bond acceptors (Lipinski definition) is 9. The second-order valence-corrected chi connectivity index (χ2v) is 12.2. The molecule has 2 amide bonds. The average Bonchev–Trinajstić information content (AvgIpc) is 3.80.